The average molecular weight is 214 g/mol. The molecule has 2 nitrogen and oxygen atoms in total. The molecule has 0 amide bonds. The number of likely N-dealkylation sites (N-methyl/N-ethyl adjacent to an activating group) is 1. The van der Waals surface area contributed by atoms with Gasteiger partial charge in [0, 0.05) is 12.6 Å². The van der Waals surface area contributed by atoms with Crippen LogP contribution in [0.2, 0.25) is 0 Å². The molecule has 92 valence electrons. The van der Waals surface area contributed by atoms with Gasteiger partial charge >= 0.3 is 0 Å². The number of unbranched alkanes of at least 4 members (excludes halogenated alkanes) is 4. The van der Waals surface area contributed by atoms with Crippen LogP contribution in [0.25, 0.3) is 0 Å². The van der Waals surface area contributed by atoms with E-state index in [0.717, 1.165) is 13.1 Å². The van der Waals surface area contributed by atoms with E-state index in [1.807, 2.05) is 0 Å². The zero-order valence-electron chi connectivity index (χ0n) is 11.2. The Labute approximate surface area is 96.4 Å². The molecule has 0 radical (unpaired) electrons. The van der Waals surface area contributed by atoms with Gasteiger partial charge in [0.25, 0.3) is 0 Å². The molecule has 0 bridgehead atoms. The summed E-state index contributed by atoms with van der Waals surface area (Å²) < 4.78 is 0. The molecule has 15 heavy (non-hydrogen) atoms. The fourth-order valence-corrected chi connectivity index (χ4v) is 1.74. The lowest BCUT2D eigenvalue weighted by Crippen LogP contribution is -2.37. The van der Waals surface area contributed by atoms with Gasteiger partial charge in [-0.25, -0.2) is 0 Å². The highest BCUT2D eigenvalue weighted by atomic mass is 15.1. The molecule has 0 rings (SSSR count). The van der Waals surface area contributed by atoms with Gasteiger partial charge < -0.3 is 10.2 Å². The van der Waals surface area contributed by atoms with Gasteiger partial charge in [-0.2, -0.15) is 0 Å². The van der Waals surface area contributed by atoms with Gasteiger partial charge in [0.05, 0.1) is 0 Å². The monoisotopic (exact) mass is 214 g/mol. The minimum Gasteiger partial charge on any atom is -0.313 e. The van der Waals surface area contributed by atoms with E-state index in [1.54, 1.807) is 0 Å². The highest BCUT2D eigenvalue weighted by molar-refractivity contribution is 4.64. The van der Waals surface area contributed by atoms with Gasteiger partial charge in [-0.1, -0.05) is 39.5 Å². The standard InChI is InChI=1S/C13H30N2/c1-5-7-8-9-10-11-14-13(3)12-15(4)6-2/h13-14H,5-12H2,1-4H3. The normalized spacial score (nSPS) is 13.4. The van der Waals surface area contributed by atoms with Gasteiger partial charge in [-0.15, -0.1) is 0 Å². The number of hydrogen-bond donors (Lipinski definition) is 1. The highest BCUT2D eigenvalue weighted by Gasteiger charge is 2.02. The van der Waals surface area contributed by atoms with Gasteiger partial charge in [-0.3, -0.25) is 0 Å². The van der Waals surface area contributed by atoms with Crippen LogP contribution in [0.3, 0.4) is 0 Å². The summed E-state index contributed by atoms with van der Waals surface area (Å²) >= 11 is 0. The summed E-state index contributed by atoms with van der Waals surface area (Å²) in [7, 11) is 2.18. The molecular formula is C13H30N2. The van der Waals surface area contributed by atoms with E-state index >= 15 is 0 Å². The second kappa shape index (κ2) is 10.4. The van der Waals surface area contributed by atoms with Gasteiger partial charge in [0.2, 0.25) is 0 Å². The van der Waals surface area contributed by atoms with E-state index in [1.165, 1.54) is 38.6 Å². The molecule has 2 heteroatoms. The fraction of sp³-hybridized carbons (Fsp3) is 1.00. The number of hydrogen-bond acceptors (Lipinski definition) is 2. The third-order valence-corrected chi connectivity index (χ3v) is 2.90. The molecule has 0 aliphatic heterocycles. The van der Waals surface area contributed by atoms with E-state index in [4.69, 9.17) is 0 Å². The molecule has 1 N–H and O–H groups in total. The molecule has 1 unspecified atom stereocenters. The molecule has 0 spiro atoms. The summed E-state index contributed by atoms with van der Waals surface area (Å²) in [5, 5.41) is 3.58. The second-order valence-electron chi connectivity index (χ2n) is 4.62. The Hall–Kier alpha value is -0.0800. The average Bonchev–Trinajstić information content (AvgIpc) is 2.23. The lowest BCUT2D eigenvalue weighted by molar-refractivity contribution is 0.309. The Bertz CT molecular complexity index is 126. The van der Waals surface area contributed by atoms with Crippen molar-refractivity contribution < 1.29 is 0 Å². The van der Waals surface area contributed by atoms with Crippen LogP contribution in [0.1, 0.15) is 52.9 Å². The van der Waals surface area contributed by atoms with Crippen molar-refractivity contribution >= 4 is 0 Å². The van der Waals surface area contributed by atoms with Crippen molar-refractivity contribution in [3.05, 3.63) is 0 Å². The largest absolute Gasteiger partial charge is 0.313 e. The van der Waals surface area contributed by atoms with Crippen molar-refractivity contribution in [3.63, 3.8) is 0 Å². The highest BCUT2D eigenvalue weighted by Crippen LogP contribution is 2.01. The lowest BCUT2D eigenvalue weighted by atomic mass is 10.1. The minimum absolute atomic E-state index is 0.626. The molecule has 0 heterocycles. The summed E-state index contributed by atoms with van der Waals surface area (Å²) in [5.41, 5.74) is 0. The first kappa shape index (κ1) is 14.9. The summed E-state index contributed by atoms with van der Waals surface area (Å²) in [4.78, 5) is 2.36. The first-order chi connectivity index (χ1) is 7.20. The SMILES string of the molecule is CCCCCCCNC(C)CN(C)CC. The van der Waals surface area contributed by atoms with Crippen molar-refractivity contribution in [1.29, 1.82) is 0 Å². The number of rotatable bonds is 10. The third-order valence-electron chi connectivity index (χ3n) is 2.90. The van der Waals surface area contributed by atoms with Crippen molar-refractivity contribution in [2.45, 2.75) is 58.9 Å². The third kappa shape index (κ3) is 10.2. The molecule has 0 saturated heterocycles. The van der Waals surface area contributed by atoms with Gasteiger partial charge in [0.1, 0.15) is 0 Å². The summed E-state index contributed by atoms with van der Waals surface area (Å²) in [6.07, 6.45) is 6.86. The molecule has 0 aromatic carbocycles. The van der Waals surface area contributed by atoms with Gasteiger partial charge in [0.15, 0.2) is 0 Å². The lowest BCUT2D eigenvalue weighted by Gasteiger charge is -2.20. The Morgan fingerprint density at radius 2 is 1.73 bits per heavy atom. The maximum atomic E-state index is 3.58. The first-order valence-corrected chi connectivity index (χ1v) is 6.62. The Balaban J connectivity index is 3.20. The topological polar surface area (TPSA) is 15.3 Å². The molecule has 0 aromatic rings. The maximum Gasteiger partial charge on any atom is 0.0166 e. The summed E-state index contributed by atoms with van der Waals surface area (Å²) in [5.74, 6) is 0. The van der Waals surface area contributed by atoms with Crippen molar-refractivity contribution in [3.8, 4) is 0 Å². The molecule has 0 aliphatic carbocycles. The zero-order valence-corrected chi connectivity index (χ0v) is 11.2. The Morgan fingerprint density at radius 1 is 1.07 bits per heavy atom. The summed E-state index contributed by atoms with van der Waals surface area (Å²) in [6.45, 7) is 10.2. The van der Waals surface area contributed by atoms with Crippen LogP contribution in [0, 0.1) is 0 Å². The van der Waals surface area contributed by atoms with E-state index in [9.17, 15) is 0 Å². The molecule has 0 saturated carbocycles. The van der Waals surface area contributed by atoms with Crippen LogP contribution in [0.5, 0.6) is 0 Å². The van der Waals surface area contributed by atoms with Crippen LogP contribution in [0.4, 0.5) is 0 Å². The fourth-order valence-electron chi connectivity index (χ4n) is 1.74. The Kier molecular flexibility index (Phi) is 10.4. The quantitative estimate of drug-likeness (QED) is 0.563. The van der Waals surface area contributed by atoms with Crippen molar-refractivity contribution in [2.24, 2.45) is 0 Å². The Morgan fingerprint density at radius 3 is 2.33 bits per heavy atom. The van der Waals surface area contributed by atoms with Crippen LogP contribution >= 0.6 is 0 Å². The zero-order chi connectivity index (χ0) is 11.5. The predicted molar refractivity (Wildman–Crippen MR) is 69.4 cm³/mol. The van der Waals surface area contributed by atoms with Crippen LogP contribution in [0.15, 0.2) is 0 Å². The molecular weight excluding hydrogens is 184 g/mol. The number of nitrogens with one attached hydrogen (secondary N) is 1. The molecule has 0 aromatic heterocycles. The summed E-state index contributed by atoms with van der Waals surface area (Å²) in [6, 6.07) is 0.626. The van der Waals surface area contributed by atoms with Crippen LogP contribution in [-0.4, -0.2) is 37.6 Å². The number of nitrogens with zero attached hydrogens (tertiary/aromatic N) is 1. The minimum atomic E-state index is 0.626. The molecule has 0 fully saturated rings. The molecule has 0 aliphatic rings. The van der Waals surface area contributed by atoms with E-state index in [0.29, 0.717) is 6.04 Å². The van der Waals surface area contributed by atoms with Crippen molar-refractivity contribution in [2.75, 3.05) is 26.7 Å². The smallest absolute Gasteiger partial charge is 0.0166 e. The van der Waals surface area contributed by atoms with Crippen molar-refractivity contribution in [1.82, 2.24) is 10.2 Å². The van der Waals surface area contributed by atoms with E-state index < -0.39 is 0 Å². The predicted octanol–water partition coefficient (Wildman–Crippen LogP) is 2.89. The van der Waals surface area contributed by atoms with Gasteiger partial charge in [-0.05, 0) is 33.5 Å². The van der Waals surface area contributed by atoms with E-state index in [-0.39, 0.29) is 0 Å². The van der Waals surface area contributed by atoms with Crippen LogP contribution in [-0.2, 0) is 0 Å². The van der Waals surface area contributed by atoms with E-state index in [2.05, 4.69) is 38.0 Å². The van der Waals surface area contributed by atoms with Crippen LogP contribution < -0.4 is 5.32 Å². The second-order valence-corrected chi connectivity index (χ2v) is 4.62. The maximum absolute atomic E-state index is 3.58. The molecule has 1 atom stereocenters. The first-order valence-electron chi connectivity index (χ1n) is 6.62.